The van der Waals surface area contributed by atoms with E-state index in [1.807, 2.05) is 19.9 Å². The molecule has 0 heterocycles. The molecule has 0 saturated carbocycles. The first-order valence-corrected chi connectivity index (χ1v) is 5.72. The van der Waals surface area contributed by atoms with E-state index in [1.165, 1.54) is 12.1 Å². The maximum absolute atomic E-state index is 13.0. The van der Waals surface area contributed by atoms with Gasteiger partial charge in [-0.1, -0.05) is 12.1 Å². The number of carboxylic acids is 1. The summed E-state index contributed by atoms with van der Waals surface area (Å²) in [5, 5.41) is 11.8. The molecule has 2 atom stereocenters. The summed E-state index contributed by atoms with van der Waals surface area (Å²) in [4.78, 5) is 10.4. The summed E-state index contributed by atoms with van der Waals surface area (Å²) in [6.07, 6.45) is 0.707. The third-order valence-electron chi connectivity index (χ3n) is 2.67. The first-order valence-electron chi connectivity index (χ1n) is 5.72. The van der Waals surface area contributed by atoms with E-state index in [9.17, 15) is 9.18 Å². The summed E-state index contributed by atoms with van der Waals surface area (Å²) in [6, 6.07) is 6.51. The lowest BCUT2D eigenvalue weighted by Crippen LogP contribution is -2.29. The maximum atomic E-state index is 13.0. The Hall–Kier alpha value is -1.42. The van der Waals surface area contributed by atoms with E-state index in [1.54, 1.807) is 6.07 Å². The van der Waals surface area contributed by atoms with Crippen LogP contribution in [0.1, 0.15) is 38.3 Å². The molecule has 2 unspecified atom stereocenters. The Balaban J connectivity index is 2.48. The SMILES string of the molecule is CC(CCC(=O)O)NC(C)c1cccc(F)c1. The molecule has 3 nitrogen and oxygen atoms in total. The van der Waals surface area contributed by atoms with Gasteiger partial charge in [-0.25, -0.2) is 4.39 Å². The van der Waals surface area contributed by atoms with Crippen molar-refractivity contribution in [1.29, 1.82) is 0 Å². The molecule has 0 radical (unpaired) electrons. The van der Waals surface area contributed by atoms with Crippen LogP contribution in [0, 0.1) is 5.82 Å². The molecule has 0 spiro atoms. The summed E-state index contributed by atoms with van der Waals surface area (Å²) in [5.74, 6) is -1.05. The molecule has 0 aliphatic heterocycles. The number of benzene rings is 1. The van der Waals surface area contributed by atoms with Gasteiger partial charge in [0.25, 0.3) is 0 Å². The molecule has 0 fully saturated rings. The number of hydrogen-bond donors (Lipinski definition) is 2. The molecule has 0 aromatic heterocycles. The van der Waals surface area contributed by atoms with Crippen LogP contribution in [0.15, 0.2) is 24.3 Å². The fraction of sp³-hybridized carbons (Fsp3) is 0.462. The Morgan fingerprint density at radius 2 is 2.18 bits per heavy atom. The topological polar surface area (TPSA) is 49.3 Å². The molecule has 94 valence electrons. The van der Waals surface area contributed by atoms with Crippen LogP contribution in [-0.2, 0) is 4.79 Å². The largest absolute Gasteiger partial charge is 0.481 e. The summed E-state index contributed by atoms with van der Waals surface area (Å²) in [5.41, 5.74) is 0.868. The molecule has 1 aromatic carbocycles. The van der Waals surface area contributed by atoms with Gasteiger partial charge in [0, 0.05) is 18.5 Å². The van der Waals surface area contributed by atoms with E-state index >= 15 is 0 Å². The van der Waals surface area contributed by atoms with Crippen LogP contribution in [-0.4, -0.2) is 17.1 Å². The minimum atomic E-state index is -0.794. The summed E-state index contributed by atoms with van der Waals surface area (Å²) in [7, 11) is 0. The van der Waals surface area contributed by atoms with Crippen molar-refractivity contribution < 1.29 is 14.3 Å². The number of carbonyl (C=O) groups is 1. The van der Waals surface area contributed by atoms with Gasteiger partial charge in [0.05, 0.1) is 0 Å². The molecule has 0 bridgehead atoms. The smallest absolute Gasteiger partial charge is 0.303 e. The highest BCUT2D eigenvalue weighted by atomic mass is 19.1. The van der Waals surface area contributed by atoms with Gasteiger partial charge in [-0.05, 0) is 38.0 Å². The van der Waals surface area contributed by atoms with Crippen LogP contribution in [0.3, 0.4) is 0 Å². The second kappa shape index (κ2) is 6.35. The lowest BCUT2D eigenvalue weighted by atomic mass is 10.1. The fourth-order valence-electron chi connectivity index (χ4n) is 1.72. The quantitative estimate of drug-likeness (QED) is 0.802. The van der Waals surface area contributed by atoms with Gasteiger partial charge in [0.15, 0.2) is 0 Å². The van der Waals surface area contributed by atoms with E-state index in [0.717, 1.165) is 5.56 Å². The zero-order valence-electron chi connectivity index (χ0n) is 10.1. The first-order chi connectivity index (χ1) is 7.99. The second-order valence-corrected chi connectivity index (χ2v) is 4.28. The zero-order valence-corrected chi connectivity index (χ0v) is 10.1. The third kappa shape index (κ3) is 4.95. The van der Waals surface area contributed by atoms with Crippen molar-refractivity contribution in [1.82, 2.24) is 5.32 Å². The second-order valence-electron chi connectivity index (χ2n) is 4.28. The molecule has 0 saturated heterocycles. The van der Waals surface area contributed by atoms with Gasteiger partial charge < -0.3 is 10.4 Å². The molecular weight excluding hydrogens is 221 g/mol. The average Bonchev–Trinajstić information content (AvgIpc) is 2.26. The van der Waals surface area contributed by atoms with Crippen molar-refractivity contribution in [3.05, 3.63) is 35.6 Å². The van der Waals surface area contributed by atoms with Gasteiger partial charge in [0.1, 0.15) is 5.82 Å². The highest BCUT2D eigenvalue weighted by Crippen LogP contribution is 2.15. The first kappa shape index (κ1) is 13.6. The number of carboxylic acid groups (broad SMARTS) is 1. The average molecular weight is 239 g/mol. The van der Waals surface area contributed by atoms with Crippen molar-refractivity contribution in [3.8, 4) is 0 Å². The van der Waals surface area contributed by atoms with E-state index in [-0.39, 0.29) is 24.3 Å². The minimum absolute atomic E-state index is 0.00879. The zero-order chi connectivity index (χ0) is 12.8. The summed E-state index contributed by atoms with van der Waals surface area (Å²) in [6.45, 7) is 3.87. The number of halogens is 1. The van der Waals surface area contributed by atoms with Gasteiger partial charge in [0.2, 0.25) is 0 Å². The fourth-order valence-corrected chi connectivity index (χ4v) is 1.72. The predicted octanol–water partition coefficient (Wildman–Crippen LogP) is 2.73. The predicted molar refractivity (Wildman–Crippen MR) is 64.3 cm³/mol. The van der Waals surface area contributed by atoms with Crippen LogP contribution in [0.2, 0.25) is 0 Å². The summed E-state index contributed by atoms with van der Waals surface area (Å²) < 4.78 is 13.0. The van der Waals surface area contributed by atoms with Crippen LogP contribution >= 0.6 is 0 Å². The van der Waals surface area contributed by atoms with Crippen LogP contribution in [0.4, 0.5) is 4.39 Å². The van der Waals surface area contributed by atoms with E-state index < -0.39 is 5.97 Å². The number of rotatable bonds is 6. The lowest BCUT2D eigenvalue weighted by molar-refractivity contribution is -0.137. The molecule has 0 amide bonds. The number of nitrogens with one attached hydrogen (secondary N) is 1. The molecule has 2 N–H and O–H groups in total. The molecule has 0 aliphatic rings. The molecular formula is C13H18FNO2. The van der Waals surface area contributed by atoms with Crippen molar-refractivity contribution in [2.75, 3.05) is 0 Å². The Bertz CT molecular complexity index is 381. The van der Waals surface area contributed by atoms with Crippen LogP contribution in [0.25, 0.3) is 0 Å². The van der Waals surface area contributed by atoms with Crippen molar-refractivity contribution in [2.45, 2.75) is 38.8 Å². The highest BCUT2D eigenvalue weighted by molar-refractivity contribution is 5.66. The highest BCUT2D eigenvalue weighted by Gasteiger charge is 2.11. The Morgan fingerprint density at radius 3 is 2.76 bits per heavy atom. The van der Waals surface area contributed by atoms with Gasteiger partial charge in [-0.2, -0.15) is 0 Å². The monoisotopic (exact) mass is 239 g/mol. The molecule has 17 heavy (non-hydrogen) atoms. The van der Waals surface area contributed by atoms with Crippen molar-refractivity contribution in [2.24, 2.45) is 0 Å². The Labute approximate surface area is 101 Å². The minimum Gasteiger partial charge on any atom is -0.481 e. The molecule has 4 heteroatoms. The Morgan fingerprint density at radius 1 is 1.47 bits per heavy atom. The maximum Gasteiger partial charge on any atom is 0.303 e. The lowest BCUT2D eigenvalue weighted by Gasteiger charge is -2.19. The molecule has 1 rings (SSSR count). The van der Waals surface area contributed by atoms with E-state index in [0.29, 0.717) is 6.42 Å². The van der Waals surface area contributed by atoms with Crippen LogP contribution in [0.5, 0.6) is 0 Å². The molecule has 1 aromatic rings. The standard InChI is InChI=1S/C13H18FNO2/c1-9(6-7-13(16)17)15-10(2)11-4-3-5-12(14)8-11/h3-5,8-10,15H,6-7H2,1-2H3,(H,16,17). The van der Waals surface area contributed by atoms with Gasteiger partial charge in [-0.3, -0.25) is 4.79 Å². The number of hydrogen-bond acceptors (Lipinski definition) is 2. The Kier molecular flexibility index (Phi) is 5.10. The van der Waals surface area contributed by atoms with Gasteiger partial charge >= 0.3 is 5.97 Å². The van der Waals surface area contributed by atoms with Crippen molar-refractivity contribution in [3.63, 3.8) is 0 Å². The van der Waals surface area contributed by atoms with E-state index in [2.05, 4.69) is 5.32 Å². The third-order valence-corrected chi connectivity index (χ3v) is 2.67. The number of aliphatic carboxylic acids is 1. The van der Waals surface area contributed by atoms with E-state index in [4.69, 9.17) is 5.11 Å². The normalized spacial score (nSPS) is 14.3. The van der Waals surface area contributed by atoms with Crippen LogP contribution < -0.4 is 5.32 Å². The summed E-state index contributed by atoms with van der Waals surface area (Å²) >= 11 is 0. The molecule has 0 aliphatic carbocycles. The van der Waals surface area contributed by atoms with Gasteiger partial charge in [-0.15, -0.1) is 0 Å². The van der Waals surface area contributed by atoms with Crippen molar-refractivity contribution >= 4 is 5.97 Å².